The molecule has 2 unspecified atom stereocenters. The summed E-state index contributed by atoms with van der Waals surface area (Å²) in [7, 11) is -3.95. The van der Waals surface area contributed by atoms with E-state index in [1.165, 1.54) is 51.4 Å². The van der Waals surface area contributed by atoms with Crippen molar-refractivity contribution in [1.29, 1.82) is 0 Å². The summed E-state index contributed by atoms with van der Waals surface area (Å²) in [5, 5.41) is 9.48. The highest BCUT2D eigenvalue weighted by molar-refractivity contribution is 7.86. The van der Waals surface area contributed by atoms with Crippen LogP contribution in [0.4, 0.5) is 0 Å². The normalized spacial score (nSPS) is 14.3. The predicted molar refractivity (Wildman–Crippen MR) is 120 cm³/mol. The molecule has 0 aromatic rings. The van der Waals surface area contributed by atoms with E-state index in [9.17, 15) is 18.1 Å². The fourth-order valence-corrected chi connectivity index (χ4v) is 4.76. The predicted octanol–water partition coefficient (Wildman–Crippen LogP) is 7.06. The minimum absolute atomic E-state index is 0.265. The maximum absolute atomic E-state index is 11.5. The Kier molecular flexibility index (Phi) is 18.8. The van der Waals surface area contributed by atoms with Crippen LogP contribution < -0.4 is 0 Å². The van der Waals surface area contributed by atoms with Crippen molar-refractivity contribution in [3.63, 3.8) is 0 Å². The van der Waals surface area contributed by atoms with Gasteiger partial charge in [0.2, 0.25) is 0 Å². The standard InChI is InChI=1S/C23H48O4S/c1-3-5-7-9-10-11-12-13-14-18-22(24)19-16-17-21-23(28(25,26)27)20-15-8-6-4-2/h22-24H,3-21H2,1-2H3,(H,25,26,27). The number of rotatable bonds is 21. The van der Waals surface area contributed by atoms with E-state index in [0.717, 1.165) is 57.8 Å². The lowest BCUT2D eigenvalue weighted by atomic mass is 10.0. The van der Waals surface area contributed by atoms with Gasteiger partial charge < -0.3 is 5.11 Å². The van der Waals surface area contributed by atoms with Crippen LogP contribution in [0, 0.1) is 0 Å². The average molecular weight is 421 g/mol. The van der Waals surface area contributed by atoms with Crippen molar-refractivity contribution in [2.45, 2.75) is 147 Å². The Morgan fingerprint density at radius 1 is 0.571 bits per heavy atom. The highest BCUT2D eigenvalue weighted by atomic mass is 32.2. The molecule has 2 atom stereocenters. The SMILES string of the molecule is CCCCCCCCCCCC(O)CCCCC(CCCCCC)S(=O)(=O)O. The van der Waals surface area contributed by atoms with Crippen molar-refractivity contribution in [1.82, 2.24) is 0 Å². The molecule has 2 N–H and O–H groups in total. The lowest BCUT2D eigenvalue weighted by Gasteiger charge is -2.15. The first kappa shape index (κ1) is 27.9. The molecule has 5 heteroatoms. The molecular formula is C23H48O4S. The minimum Gasteiger partial charge on any atom is -0.393 e. The van der Waals surface area contributed by atoms with Gasteiger partial charge >= 0.3 is 0 Å². The van der Waals surface area contributed by atoms with Gasteiger partial charge in [-0.15, -0.1) is 0 Å². The molecule has 0 aromatic carbocycles. The Morgan fingerprint density at radius 2 is 0.893 bits per heavy atom. The molecule has 0 aliphatic rings. The highest BCUT2D eigenvalue weighted by Gasteiger charge is 2.22. The van der Waals surface area contributed by atoms with Crippen molar-refractivity contribution in [3.05, 3.63) is 0 Å². The van der Waals surface area contributed by atoms with Gasteiger partial charge in [0.15, 0.2) is 0 Å². The molecule has 4 nitrogen and oxygen atoms in total. The molecule has 0 spiro atoms. The summed E-state index contributed by atoms with van der Waals surface area (Å²) >= 11 is 0. The van der Waals surface area contributed by atoms with Crippen molar-refractivity contribution in [2.75, 3.05) is 0 Å². The van der Waals surface area contributed by atoms with Crippen LogP contribution in [-0.2, 0) is 10.1 Å². The third kappa shape index (κ3) is 17.9. The largest absolute Gasteiger partial charge is 0.393 e. The summed E-state index contributed by atoms with van der Waals surface area (Å²) in [6.45, 7) is 4.37. The van der Waals surface area contributed by atoms with E-state index in [0.29, 0.717) is 12.8 Å². The summed E-state index contributed by atoms with van der Waals surface area (Å²) in [5.41, 5.74) is 0. The highest BCUT2D eigenvalue weighted by Crippen LogP contribution is 2.19. The van der Waals surface area contributed by atoms with Crippen molar-refractivity contribution in [3.8, 4) is 0 Å². The number of aliphatic hydroxyl groups is 1. The van der Waals surface area contributed by atoms with Gasteiger partial charge in [-0.2, -0.15) is 8.42 Å². The van der Waals surface area contributed by atoms with Crippen LogP contribution in [0.5, 0.6) is 0 Å². The monoisotopic (exact) mass is 420 g/mol. The van der Waals surface area contributed by atoms with Crippen LogP contribution in [0.1, 0.15) is 136 Å². The number of aliphatic hydroxyl groups excluding tert-OH is 1. The molecule has 28 heavy (non-hydrogen) atoms. The quantitative estimate of drug-likeness (QED) is 0.154. The molecule has 170 valence electrons. The van der Waals surface area contributed by atoms with Crippen LogP contribution in [0.15, 0.2) is 0 Å². The van der Waals surface area contributed by atoms with E-state index in [1.807, 2.05) is 0 Å². The van der Waals surface area contributed by atoms with Crippen LogP contribution in [-0.4, -0.2) is 29.4 Å². The molecule has 0 aliphatic carbocycles. The summed E-state index contributed by atoms with van der Waals surface area (Å²) in [5.74, 6) is 0. The Morgan fingerprint density at radius 3 is 1.36 bits per heavy atom. The Bertz CT molecular complexity index is 422. The van der Waals surface area contributed by atoms with Gasteiger partial charge in [-0.25, -0.2) is 0 Å². The average Bonchev–Trinajstić information content (AvgIpc) is 2.64. The Balaban J connectivity index is 3.67. The maximum atomic E-state index is 11.5. The molecule has 0 saturated carbocycles. The second-order valence-electron chi connectivity index (χ2n) is 8.54. The second-order valence-corrected chi connectivity index (χ2v) is 10.2. The first-order valence-electron chi connectivity index (χ1n) is 12.1. The molecule has 0 aliphatic heterocycles. The van der Waals surface area contributed by atoms with E-state index < -0.39 is 15.4 Å². The lowest BCUT2D eigenvalue weighted by molar-refractivity contribution is 0.147. The number of unbranched alkanes of at least 4 members (excludes halogenated alkanes) is 12. The van der Waals surface area contributed by atoms with Crippen molar-refractivity contribution in [2.24, 2.45) is 0 Å². The van der Waals surface area contributed by atoms with E-state index in [2.05, 4.69) is 13.8 Å². The van der Waals surface area contributed by atoms with Gasteiger partial charge in [-0.05, 0) is 25.7 Å². The fraction of sp³-hybridized carbons (Fsp3) is 1.00. The summed E-state index contributed by atoms with van der Waals surface area (Å²) in [4.78, 5) is 0. The molecule has 0 radical (unpaired) electrons. The van der Waals surface area contributed by atoms with Gasteiger partial charge in [0.1, 0.15) is 0 Å². The fourth-order valence-electron chi connectivity index (χ4n) is 3.83. The van der Waals surface area contributed by atoms with E-state index in [1.54, 1.807) is 0 Å². The van der Waals surface area contributed by atoms with E-state index in [-0.39, 0.29) is 6.10 Å². The van der Waals surface area contributed by atoms with Crippen LogP contribution in [0.25, 0.3) is 0 Å². The van der Waals surface area contributed by atoms with Crippen molar-refractivity contribution < 1.29 is 18.1 Å². The molecule has 0 aromatic heterocycles. The molecule has 0 fully saturated rings. The third-order valence-electron chi connectivity index (χ3n) is 5.76. The zero-order valence-electron chi connectivity index (χ0n) is 18.7. The Hall–Kier alpha value is -0.130. The van der Waals surface area contributed by atoms with Crippen LogP contribution in [0.2, 0.25) is 0 Å². The first-order chi connectivity index (χ1) is 13.4. The maximum Gasteiger partial charge on any atom is 0.267 e. The van der Waals surface area contributed by atoms with Gasteiger partial charge in [0.05, 0.1) is 11.4 Å². The summed E-state index contributed by atoms with van der Waals surface area (Å²) in [6, 6.07) is 0. The lowest BCUT2D eigenvalue weighted by Crippen LogP contribution is -2.20. The molecular weight excluding hydrogens is 372 g/mol. The van der Waals surface area contributed by atoms with Gasteiger partial charge in [-0.3, -0.25) is 4.55 Å². The molecule has 0 heterocycles. The summed E-state index contributed by atoms with van der Waals surface area (Å²) < 4.78 is 32.5. The first-order valence-corrected chi connectivity index (χ1v) is 13.6. The number of hydrogen-bond acceptors (Lipinski definition) is 3. The minimum atomic E-state index is -3.95. The molecule has 0 amide bonds. The smallest absolute Gasteiger partial charge is 0.267 e. The van der Waals surface area contributed by atoms with Gasteiger partial charge in [0, 0.05) is 0 Å². The number of hydrogen-bond donors (Lipinski definition) is 2. The van der Waals surface area contributed by atoms with E-state index >= 15 is 0 Å². The van der Waals surface area contributed by atoms with Crippen molar-refractivity contribution >= 4 is 10.1 Å². The molecule has 0 rings (SSSR count). The summed E-state index contributed by atoms with van der Waals surface area (Å²) in [6.07, 6.45) is 19.7. The second kappa shape index (κ2) is 18.9. The third-order valence-corrected chi connectivity index (χ3v) is 7.07. The molecule has 0 bridgehead atoms. The van der Waals surface area contributed by atoms with Crippen LogP contribution in [0.3, 0.4) is 0 Å². The van der Waals surface area contributed by atoms with Gasteiger partial charge in [-0.1, -0.05) is 110 Å². The van der Waals surface area contributed by atoms with Gasteiger partial charge in [0.25, 0.3) is 10.1 Å². The zero-order chi connectivity index (χ0) is 21.1. The Labute approximate surface area is 175 Å². The molecule has 0 saturated heterocycles. The topological polar surface area (TPSA) is 74.6 Å². The van der Waals surface area contributed by atoms with Crippen LogP contribution >= 0.6 is 0 Å². The van der Waals surface area contributed by atoms with E-state index in [4.69, 9.17) is 0 Å². The zero-order valence-corrected chi connectivity index (χ0v) is 19.5.